The number of ether oxygens (including phenoxy) is 1. The lowest BCUT2D eigenvalue weighted by molar-refractivity contribution is -0.385. The molecule has 0 bridgehead atoms. The third-order valence-electron chi connectivity index (χ3n) is 4.57. The van der Waals surface area contributed by atoms with Crippen LogP contribution in [-0.4, -0.2) is 55.6 Å². The molecule has 1 aliphatic rings. The smallest absolute Gasteiger partial charge is 0.273 e. The summed E-state index contributed by atoms with van der Waals surface area (Å²) < 4.78 is 5.39. The first-order chi connectivity index (χ1) is 13.5. The Labute approximate surface area is 163 Å². The molecule has 0 saturated carbocycles. The Kier molecular flexibility index (Phi) is 6.57. The van der Waals surface area contributed by atoms with E-state index in [4.69, 9.17) is 4.74 Å². The molecule has 0 unspecified atom stereocenters. The maximum Gasteiger partial charge on any atom is 0.273 e. The molecular weight excluding hydrogens is 360 g/mol. The van der Waals surface area contributed by atoms with Crippen LogP contribution in [0.3, 0.4) is 0 Å². The van der Waals surface area contributed by atoms with Crippen molar-refractivity contribution in [3.8, 4) is 0 Å². The zero-order chi connectivity index (χ0) is 19.9. The van der Waals surface area contributed by atoms with Crippen LogP contribution >= 0.6 is 0 Å². The number of benzene rings is 2. The van der Waals surface area contributed by atoms with E-state index in [2.05, 4.69) is 10.2 Å². The van der Waals surface area contributed by atoms with Gasteiger partial charge in [0.1, 0.15) is 0 Å². The molecule has 1 heterocycles. The summed E-state index contributed by atoms with van der Waals surface area (Å²) in [6.45, 7) is 3.34. The molecule has 148 valence electrons. The molecule has 1 saturated heterocycles. The first-order valence-corrected chi connectivity index (χ1v) is 9.17. The Morgan fingerprint density at radius 3 is 2.61 bits per heavy atom. The van der Waals surface area contributed by atoms with E-state index < -0.39 is 4.92 Å². The number of hydrogen-bond acceptors (Lipinski definition) is 6. The van der Waals surface area contributed by atoms with E-state index in [0.717, 1.165) is 24.5 Å². The summed E-state index contributed by atoms with van der Waals surface area (Å²) in [6, 6.07) is 14.3. The van der Waals surface area contributed by atoms with Crippen LogP contribution in [0.15, 0.2) is 48.5 Å². The molecule has 0 spiro atoms. The number of morpholine rings is 1. The highest BCUT2D eigenvalue weighted by Crippen LogP contribution is 2.26. The van der Waals surface area contributed by atoms with Gasteiger partial charge in [-0.2, -0.15) is 0 Å². The van der Waals surface area contributed by atoms with E-state index in [1.165, 1.54) is 6.07 Å². The monoisotopic (exact) mass is 384 g/mol. The molecule has 1 aliphatic heterocycles. The van der Waals surface area contributed by atoms with Crippen LogP contribution in [-0.2, 0) is 16.1 Å². The van der Waals surface area contributed by atoms with Crippen LogP contribution in [0, 0.1) is 10.1 Å². The van der Waals surface area contributed by atoms with Gasteiger partial charge in [0.2, 0.25) is 5.91 Å². The minimum Gasteiger partial charge on any atom is -0.378 e. The number of carbonyl (C=O) groups excluding carboxylic acids is 1. The largest absolute Gasteiger partial charge is 0.378 e. The van der Waals surface area contributed by atoms with Crippen LogP contribution < -0.4 is 10.2 Å². The Hall–Kier alpha value is -2.97. The summed E-state index contributed by atoms with van der Waals surface area (Å²) in [5.74, 6) is -0.165. The molecule has 28 heavy (non-hydrogen) atoms. The van der Waals surface area contributed by atoms with Crippen molar-refractivity contribution in [1.29, 1.82) is 0 Å². The van der Waals surface area contributed by atoms with Gasteiger partial charge in [0, 0.05) is 31.3 Å². The first kappa shape index (κ1) is 19.8. The molecule has 1 fully saturated rings. The quantitative estimate of drug-likeness (QED) is 0.583. The topological polar surface area (TPSA) is 88.0 Å². The maximum absolute atomic E-state index is 12.5. The number of nitro benzene ring substituents is 1. The van der Waals surface area contributed by atoms with Gasteiger partial charge in [0.15, 0.2) is 0 Å². The number of nitro groups is 1. The number of nitrogens with zero attached hydrogens (tertiary/aromatic N) is 3. The Morgan fingerprint density at radius 2 is 1.86 bits per heavy atom. The number of likely N-dealkylation sites (N-methyl/N-ethyl adjacent to an activating group) is 1. The van der Waals surface area contributed by atoms with Gasteiger partial charge >= 0.3 is 0 Å². The lowest BCUT2D eigenvalue weighted by atomic mass is 10.1. The minimum atomic E-state index is -0.401. The Bertz CT molecular complexity index is 836. The number of nitrogens with one attached hydrogen (secondary N) is 1. The third-order valence-corrected chi connectivity index (χ3v) is 4.57. The summed E-state index contributed by atoms with van der Waals surface area (Å²) in [7, 11) is 1.77. The van der Waals surface area contributed by atoms with Gasteiger partial charge in [0.05, 0.1) is 36.1 Å². The van der Waals surface area contributed by atoms with Crippen LogP contribution in [0.4, 0.5) is 17.1 Å². The van der Waals surface area contributed by atoms with Crippen molar-refractivity contribution in [2.24, 2.45) is 0 Å². The number of rotatable bonds is 7. The van der Waals surface area contributed by atoms with Gasteiger partial charge in [-0.3, -0.25) is 19.8 Å². The van der Waals surface area contributed by atoms with Crippen LogP contribution in [0.1, 0.15) is 5.56 Å². The van der Waals surface area contributed by atoms with Crippen molar-refractivity contribution in [2.75, 3.05) is 50.1 Å². The van der Waals surface area contributed by atoms with Gasteiger partial charge < -0.3 is 15.0 Å². The molecular formula is C20H24N4O4. The highest BCUT2D eigenvalue weighted by Gasteiger charge is 2.18. The SMILES string of the molecule is CN(CC(=O)Nc1ccccc1N1CCOCC1)Cc1ccccc1[N+](=O)[O-]. The summed E-state index contributed by atoms with van der Waals surface area (Å²) in [5, 5.41) is 14.1. The van der Waals surface area contributed by atoms with Gasteiger partial charge in [-0.25, -0.2) is 0 Å². The van der Waals surface area contributed by atoms with Crippen LogP contribution in [0.2, 0.25) is 0 Å². The second kappa shape index (κ2) is 9.29. The first-order valence-electron chi connectivity index (χ1n) is 9.17. The fourth-order valence-corrected chi connectivity index (χ4v) is 3.26. The highest BCUT2D eigenvalue weighted by molar-refractivity contribution is 5.95. The molecule has 2 aromatic rings. The van der Waals surface area contributed by atoms with Crippen LogP contribution in [0.25, 0.3) is 0 Å². The summed E-state index contributed by atoms with van der Waals surface area (Å²) in [5.41, 5.74) is 2.37. The fraction of sp³-hybridized carbons (Fsp3) is 0.350. The maximum atomic E-state index is 12.5. The molecule has 8 heteroatoms. The van der Waals surface area contributed by atoms with E-state index in [9.17, 15) is 14.9 Å². The number of hydrogen-bond donors (Lipinski definition) is 1. The summed E-state index contributed by atoms with van der Waals surface area (Å²) in [6.07, 6.45) is 0. The Morgan fingerprint density at radius 1 is 1.18 bits per heavy atom. The molecule has 0 atom stereocenters. The summed E-state index contributed by atoms with van der Waals surface area (Å²) >= 11 is 0. The van der Waals surface area contributed by atoms with E-state index >= 15 is 0 Å². The lowest BCUT2D eigenvalue weighted by Crippen LogP contribution is -2.37. The third kappa shape index (κ3) is 5.05. The van der Waals surface area contributed by atoms with E-state index in [1.54, 1.807) is 30.1 Å². The van der Waals surface area contributed by atoms with E-state index in [0.29, 0.717) is 25.3 Å². The fourth-order valence-electron chi connectivity index (χ4n) is 3.26. The second-order valence-corrected chi connectivity index (χ2v) is 6.72. The van der Waals surface area contributed by atoms with Crippen molar-refractivity contribution in [1.82, 2.24) is 4.90 Å². The normalized spacial score (nSPS) is 14.1. The highest BCUT2D eigenvalue weighted by atomic mass is 16.6. The van der Waals surface area contributed by atoms with Crippen molar-refractivity contribution in [3.63, 3.8) is 0 Å². The van der Waals surface area contributed by atoms with Gasteiger partial charge in [-0.05, 0) is 19.2 Å². The predicted octanol–water partition coefficient (Wildman–Crippen LogP) is 2.50. The van der Waals surface area contributed by atoms with Crippen LogP contribution in [0.5, 0.6) is 0 Å². The number of amides is 1. The second-order valence-electron chi connectivity index (χ2n) is 6.72. The van der Waals surface area contributed by atoms with Crippen molar-refractivity contribution >= 4 is 23.0 Å². The molecule has 0 radical (unpaired) electrons. The van der Waals surface area contributed by atoms with Gasteiger partial charge in [-0.1, -0.05) is 30.3 Å². The molecule has 0 aromatic heterocycles. The van der Waals surface area contributed by atoms with Gasteiger partial charge in [-0.15, -0.1) is 0 Å². The Balaban J connectivity index is 1.62. The zero-order valence-corrected chi connectivity index (χ0v) is 15.8. The molecule has 0 aliphatic carbocycles. The number of carbonyl (C=O) groups is 1. The molecule has 2 aromatic carbocycles. The average Bonchev–Trinajstić information content (AvgIpc) is 2.69. The van der Waals surface area contributed by atoms with Gasteiger partial charge in [0.25, 0.3) is 5.69 Å². The molecule has 8 nitrogen and oxygen atoms in total. The molecule has 1 N–H and O–H groups in total. The van der Waals surface area contributed by atoms with Crippen molar-refractivity contribution < 1.29 is 14.5 Å². The molecule has 1 amide bonds. The van der Waals surface area contributed by atoms with Crippen molar-refractivity contribution in [2.45, 2.75) is 6.54 Å². The number of anilines is 2. The number of para-hydroxylation sites is 3. The van der Waals surface area contributed by atoms with Crippen molar-refractivity contribution in [3.05, 3.63) is 64.2 Å². The summed E-state index contributed by atoms with van der Waals surface area (Å²) in [4.78, 5) is 27.2. The van der Waals surface area contributed by atoms with E-state index in [1.807, 2.05) is 24.3 Å². The average molecular weight is 384 g/mol. The molecule has 3 rings (SSSR count). The zero-order valence-electron chi connectivity index (χ0n) is 15.8. The minimum absolute atomic E-state index is 0.0624. The lowest BCUT2D eigenvalue weighted by Gasteiger charge is -2.30. The van der Waals surface area contributed by atoms with E-state index in [-0.39, 0.29) is 18.1 Å². The predicted molar refractivity (Wildman–Crippen MR) is 108 cm³/mol. The standard InChI is InChI=1S/C20H24N4O4/c1-22(14-16-6-2-4-8-18(16)24(26)27)15-20(25)21-17-7-3-5-9-19(17)23-10-12-28-13-11-23/h2-9H,10-15H2,1H3,(H,21,25).